The number of amides is 3. The number of carbonyl (C=O) groups is 6. The van der Waals surface area contributed by atoms with Gasteiger partial charge in [0.05, 0.1) is 18.9 Å². The van der Waals surface area contributed by atoms with Gasteiger partial charge in [0, 0.05) is 0 Å². The zero-order valence-corrected chi connectivity index (χ0v) is 18.5. The molecule has 0 radical (unpaired) electrons. The second-order valence-corrected chi connectivity index (χ2v) is 7.80. The third-order valence-electron chi connectivity index (χ3n) is 4.76. The lowest BCUT2D eigenvalue weighted by Gasteiger charge is -2.29. The molecule has 0 heterocycles. The molecular formula is C19H32N4O9. The highest BCUT2D eigenvalue weighted by Crippen LogP contribution is 2.11. The van der Waals surface area contributed by atoms with E-state index in [-0.39, 0.29) is 0 Å². The van der Waals surface area contributed by atoms with Crippen LogP contribution in [-0.2, 0) is 28.8 Å². The number of carboxylic acid groups (broad SMARTS) is 3. The van der Waals surface area contributed by atoms with E-state index in [1.807, 2.05) is 0 Å². The van der Waals surface area contributed by atoms with Gasteiger partial charge in [-0.3, -0.25) is 24.0 Å². The summed E-state index contributed by atoms with van der Waals surface area (Å²) in [5, 5.41) is 33.6. The quantitative estimate of drug-likeness (QED) is 0.159. The zero-order chi connectivity index (χ0) is 25.2. The molecule has 0 saturated carbocycles. The number of aliphatic carboxylic acids is 3. The summed E-state index contributed by atoms with van der Waals surface area (Å²) in [7, 11) is 0. The number of hydrogen-bond acceptors (Lipinski definition) is 7. The summed E-state index contributed by atoms with van der Waals surface area (Å²) in [6.45, 7) is 6.57. The molecule has 0 aliphatic rings. The molecule has 32 heavy (non-hydrogen) atoms. The average Bonchev–Trinajstić information content (AvgIpc) is 2.67. The monoisotopic (exact) mass is 460 g/mol. The normalized spacial score (nSPS) is 15.6. The van der Waals surface area contributed by atoms with Crippen LogP contribution in [0.5, 0.6) is 0 Å². The fraction of sp³-hybridized carbons (Fsp3) is 0.684. The van der Waals surface area contributed by atoms with Crippen LogP contribution in [0, 0.1) is 11.8 Å². The Labute approximate surface area is 185 Å². The van der Waals surface area contributed by atoms with E-state index in [9.17, 15) is 28.8 Å². The van der Waals surface area contributed by atoms with E-state index in [0.717, 1.165) is 0 Å². The largest absolute Gasteiger partial charge is 0.481 e. The Morgan fingerprint density at radius 3 is 1.62 bits per heavy atom. The molecule has 0 aliphatic heterocycles. The molecule has 3 amide bonds. The van der Waals surface area contributed by atoms with Crippen molar-refractivity contribution in [2.75, 3.05) is 0 Å². The molecule has 8 N–H and O–H groups in total. The lowest BCUT2D eigenvalue weighted by molar-refractivity contribution is -0.147. The van der Waals surface area contributed by atoms with E-state index in [0.29, 0.717) is 6.42 Å². The van der Waals surface area contributed by atoms with Gasteiger partial charge in [0.25, 0.3) is 0 Å². The summed E-state index contributed by atoms with van der Waals surface area (Å²) in [5.41, 5.74) is 5.54. The number of hydrogen-bond donors (Lipinski definition) is 7. The summed E-state index contributed by atoms with van der Waals surface area (Å²) < 4.78 is 0. The zero-order valence-electron chi connectivity index (χ0n) is 18.5. The maximum absolute atomic E-state index is 12.9. The van der Waals surface area contributed by atoms with Crippen LogP contribution in [0.4, 0.5) is 0 Å². The Morgan fingerprint density at radius 2 is 1.22 bits per heavy atom. The second-order valence-electron chi connectivity index (χ2n) is 7.80. The molecule has 0 aliphatic carbocycles. The smallest absolute Gasteiger partial charge is 0.326 e. The van der Waals surface area contributed by atoms with Gasteiger partial charge in [-0.25, -0.2) is 4.79 Å². The molecule has 5 atom stereocenters. The Kier molecular flexibility index (Phi) is 11.9. The third kappa shape index (κ3) is 9.73. The van der Waals surface area contributed by atoms with Crippen LogP contribution in [0.3, 0.4) is 0 Å². The van der Waals surface area contributed by atoms with Gasteiger partial charge in [-0.15, -0.1) is 0 Å². The SMILES string of the molecule is CCC(C)C(NC(=O)C(N)CC(=O)O)C(=O)NC(C(=O)NC(CC(=O)O)C(=O)O)C(C)C. The first-order valence-corrected chi connectivity index (χ1v) is 10.0. The van der Waals surface area contributed by atoms with E-state index in [1.54, 1.807) is 27.7 Å². The minimum atomic E-state index is -1.70. The highest BCUT2D eigenvalue weighted by Gasteiger charge is 2.34. The molecular weight excluding hydrogens is 428 g/mol. The van der Waals surface area contributed by atoms with Crippen LogP contribution in [0.25, 0.3) is 0 Å². The molecule has 5 unspecified atom stereocenters. The van der Waals surface area contributed by atoms with Gasteiger partial charge < -0.3 is 37.0 Å². The van der Waals surface area contributed by atoms with Crippen molar-refractivity contribution >= 4 is 35.6 Å². The Bertz CT molecular complexity index is 726. The van der Waals surface area contributed by atoms with Gasteiger partial charge >= 0.3 is 17.9 Å². The number of rotatable bonds is 14. The Hall–Kier alpha value is -3.22. The molecule has 13 nitrogen and oxygen atoms in total. The summed E-state index contributed by atoms with van der Waals surface area (Å²) in [6.07, 6.45) is -1.05. The summed E-state index contributed by atoms with van der Waals surface area (Å²) in [5.74, 6) is -7.71. The van der Waals surface area contributed by atoms with Crippen LogP contribution >= 0.6 is 0 Å². The second kappa shape index (κ2) is 13.2. The maximum Gasteiger partial charge on any atom is 0.326 e. The molecule has 0 aromatic rings. The van der Waals surface area contributed by atoms with Crippen LogP contribution in [0.15, 0.2) is 0 Å². The van der Waals surface area contributed by atoms with Gasteiger partial charge in [0.15, 0.2) is 0 Å². The highest BCUT2D eigenvalue weighted by molar-refractivity contribution is 5.95. The first-order valence-electron chi connectivity index (χ1n) is 10.0. The molecule has 0 aromatic carbocycles. The molecule has 0 saturated heterocycles. The highest BCUT2D eigenvalue weighted by atomic mass is 16.4. The van der Waals surface area contributed by atoms with E-state index in [4.69, 9.17) is 21.1 Å². The first-order chi connectivity index (χ1) is 14.7. The van der Waals surface area contributed by atoms with Gasteiger partial charge in [-0.1, -0.05) is 34.1 Å². The Morgan fingerprint density at radius 1 is 0.750 bits per heavy atom. The number of carboxylic acids is 3. The third-order valence-corrected chi connectivity index (χ3v) is 4.76. The summed E-state index contributed by atoms with van der Waals surface area (Å²) >= 11 is 0. The van der Waals surface area contributed by atoms with E-state index < -0.39 is 84.5 Å². The lowest BCUT2D eigenvalue weighted by Crippen LogP contribution is -2.60. The minimum absolute atomic E-state index is 0.411. The van der Waals surface area contributed by atoms with Crippen molar-refractivity contribution in [3.05, 3.63) is 0 Å². The first kappa shape index (κ1) is 28.8. The topological polar surface area (TPSA) is 225 Å². The summed E-state index contributed by atoms with van der Waals surface area (Å²) in [4.78, 5) is 70.5. The van der Waals surface area contributed by atoms with Crippen molar-refractivity contribution in [1.29, 1.82) is 0 Å². The van der Waals surface area contributed by atoms with Crippen LogP contribution in [0.1, 0.15) is 47.0 Å². The van der Waals surface area contributed by atoms with Crippen molar-refractivity contribution in [2.24, 2.45) is 17.6 Å². The van der Waals surface area contributed by atoms with Crippen molar-refractivity contribution < 1.29 is 44.1 Å². The van der Waals surface area contributed by atoms with Crippen LogP contribution < -0.4 is 21.7 Å². The lowest BCUT2D eigenvalue weighted by atomic mass is 9.96. The van der Waals surface area contributed by atoms with Crippen molar-refractivity contribution in [1.82, 2.24) is 16.0 Å². The minimum Gasteiger partial charge on any atom is -0.481 e. The number of nitrogens with one attached hydrogen (secondary N) is 3. The number of carbonyl (C=O) groups excluding carboxylic acids is 3. The fourth-order valence-electron chi connectivity index (χ4n) is 2.66. The van der Waals surface area contributed by atoms with Gasteiger partial charge in [0.1, 0.15) is 18.1 Å². The van der Waals surface area contributed by atoms with Gasteiger partial charge in [-0.2, -0.15) is 0 Å². The molecule has 0 fully saturated rings. The predicted molar refractivity (Wildman–Crippen MR) is 110 cm³/mol. The van der Waals surface area contributed by atoms with E-state index in [1.165, 1.54) is 0 Å². The summed E-state index contributed by atoms with van der Waals surface area (Å²) in [6, 6.07) is -5.45. The van der Waals surface area contributed by atoms with Gasteiger partial charge in [0.2, 0.25) is 17.7 Å². The standard InChI is InChI=1S/C19H32N4O9/c1-5-9(4)15(23-16(28)10(20)6-12(24)25)18(30)22-14(8(2)3)17(29)21-11(19(31)32)7-13(26)27/h8-11,14-15H,5-7,20H2,1-4H3,(H,21,29)(H,22,30)(H,23,28)(H,24,25)(H,26,27)(H,31,32). The maximum atomic E-state index is 12.9. The fourth-order valence-corrected chi connectivity index (χ4v) is 2.66. The molecule has 0 spiro atoms. The van der Waals surface area contributed by atoms with Crippen LogP contribution in [0.2, 0.25) is 0 Å². The molecule has 0 bridgehead atoms. The molecule has 182 valence electrons. The molecule has 0 aromatic heterocycles. The van der Waals surface area contributed by atoms with Gasteiger partial charge in [-0.05, 0) is 11.8 Å². The Balaban J connectivity index is 5.51. The predicted octanol–water partition coefficient (Wildman–Crippen LogP) is -1.50. The van der Waals surface area contributed by atoms with Crippen molar-refractivity contribution in [2.45, 2.75) is 71.1 Å². The number of nitrogens with two attached hydrogens (primary N) is 1. The van der Waals surface area contributed by atoms with Crippen molar-refractivity contribution in [3.63, 3.8) is 0 Å². The molecule has 0 rings (SSSR count). The van der Waals surface area contributed by atoms with Crippen LogP contribution in [-0.4, -0.2) is 75.1 Å². The van der Waals surface area contributed by atoms with Crippen molar-refractivity contribution in [3.8, 4) is 0 Å². The average molecular weight is 460 g/mol. The van der Waals surface area contributed by atoms with E-state index >= 15 is 0 Å². The molecule has 13 heteroatoms. The van der Waals surface area contributed by atoms with E-state index in [2.05, 4.69) is 16.0 Å².